The first kappa shape index (κ1) is 23.1. The lowest BCUT2D eigenvalue weighted by molar-refractivity contribution is -0.113. The lowest BCUT2D eigenvalue weighted by atomic mass is 10.2. The van der Waals surface area contributed by atoms with Crippen LogP contribution in [0.1, 0.15) is 20.8 Å². The average Bonchev–Trinajstić information content (AvgIpc) is 3.29. The monoisotopic (exact) mass is 478 g/mol. The highest BCUT2D eigenvalue weighted by Gasteiger charge is 2.16. The molecule has 8 heteroatoms. The molecule has 0 bridgehead atoms. The summed E-state index contributed by atoms with van der Waals surface area (Å²) in [6.45, 7) is 7.37. The van der Waals surface area contributed by atoms with E-state index >= 15 is 0 Å². The number of para-hydroxylation sites is 1. The Labute approximate surface area is 201 Å². The second-order valence-corrected chi connectivity index (χ2v) is 9.61. The number of rotatable bonds is 8. The molecule has 0 saturated heterocycles. The van der Waals surface area contributed by atoms with Crippen molar-refractivity contribution in [3.63, 3.8) is 0 Å². The van der Waals surface area contributed by atoms with E-state index in [1.807, 2.05) is 60.0 Å². The highest BCUT2D eigenvalue weighted by Crippen LogP contribution is 2.24. The molecule has 6 nitrogen and oxygen atoms in total. The lowest BCUT2D eigenvalue weighted by Gasteiger charge is -2.27. The van der Waals surface area contributed by atoms with Gasteiger partial charge in [0, 0.05) is 24.0 Å². The zero-order valence-corrected chi connectivity index (χ0v) is 20.5. The SMILES string of the molecule is CCN(c1ccc(NC(=O)CSc2nc3sccc3c(=O)n2-c2ccccc2)cc1)C(C)C. The van der Waals surface area contributed by atoms with Crippen LogP contribution in [0.25, 0.3) is 15.9 Å². The van der Waals surface area contributed by atoms with E-state index in [1.54, 1.807) is 10.6 Å². The van der Waals surface area contributed by atoms with Gasteiger partial charge in [-0.25, -0.2) is 4.98 Å². The van der Waals surface area contributed by atoms with Crippen molar-refractivity contribution in [3.05, 3.63) is 76.4 Å². The van der Waals surface area contributed by atoms with Crippen LogP contribution in [-0.4, -0.2) is 33.8 Å². The van der Waals surface area contributed by atoms with Crippen molar-refractivity contribution in [1.29, 1.82) is 0 Å². The Morgan fingerprint density at radius 3 is 2.52 bits per heavy atom. The number of thiophene rings is 1. The number of aromatic nitrogens is 2. The van der Waals surface area contributed by atoms with Crippen LogP contribution in [-0.2, 0) is 4.79 Å². The van der Waals surface area contributed by atoms with Gasteiger partial charge in [0.2, 0.25) is 5.91 Å². The molecular weight excluding hydrogens is 452 g/mol. The Kier molecular flexibility index (Phi) is 7.15. The molecule has 2 aromatic heterocycles. The first-order chi connectivity index (χ1) is 16.0. The quantitative estimate of drug-likeness (QED) is 0.271. The predicted octanol–water partition coefficient (Wildman–Crippen LogP) is 5.41. The van der Waals surface area contributed by atoms with E-state index in [0.29, 0.717) is 21.4 Å². The fourth-order valence-electron chi connectivity index (χ4n) is 3.71. The van der Waals surface area contributed by atoms with Crippen molar-refractivity contribution in [2.75, 3.05) is 22.5 Å². The van der Waals surface area contributed by atoms with Crippen LogP contribution in [0, 0.1) is 0 Å². The molecular formula is C25H26N4O2S2. The maximum atomic E-state index is 13.1. The Hall–Kier alpha value is -3.10. The van der Waals surface area contributed by atoms with Crippen molar-refractivity contribution in [3.8, 4) is 5.69 Å². The van der Waals surface area contributed by atoms with E-state index in [2.05, 4.69) is 36.0 Å². The zero-order chi connectivity index (χ0) is 23.4. The van der Waals surface area contributed by atoms with Gasteiger partial charge in [0.15, 0.2) is 5.16 Å². The maximum Gasteiger partial charge on any atom is 0.267 e. The summed E-state index contributed by atoms with van der Waals surface area (Å²) in [5.41, 5.74) is 2.47. The number of nitrogens with one attached hydrogen (secondary N) is 1. The van der Waals surface area contributed by atoms with Gasteiger partial charge in [0.05, 0.1) is 16.8 Å². The van der Waals surface area contributed by atoms with Crippen LogP contribution >= 0.6 is 23.1 Å². The number of thioether (sulfide) groups is 1. The normalized spacial score (nSPS) is 11.2. The van der Waals surface area contributed by atoms with E-state index in [9.17, 15) is 9.59 Å². The molecule has 0 fully saturated rings. The summed E-state index contributed by atoms with van der Waals surface area (Å²) >= 11 is 2.68. The zero-order valence-electron chi connectivity index (χ0n) is 18.8. The Morgan fingerprint density at radius 2 is 1.85 bits per heavy atom. The molecule has 0 radical (unpaired) electrons. The van der Waals surface area contributed by atoms with Gasteiger partial charge in [-0.1, -0.05) is 30.0 Å². The van der Waals surface area contributed by atoms with Crippen LogP contribution in [0.15, 0.2) is 76.0 Å². The Bertz CT molecular complexity index is 1300. The number of benzene rings is 2. The van der Waals surface area contributed by atoms with Gasteiger partial charge in [-0.3, -0.25) is 14.2 Å². The highest BCUT2D eigenvalue weighted by atomic mass is 32.2. The maximum absolute atomic E-state index is 13.1. The minimum atomic E-state index is -0.149. The molecule has 0 aliphatic heterocycles. The van der Waals surface area contributed by atoms with Crippen LogP contribution in [0.3, 0.4) is 0 Å². The van der Waals surface area contributed by atoms with Gasteiger partial charge in [-0.05, 0) is 68.6 Å². The van der Waals surface area contributed by atoms with Crippen LogP contribution < -0.4 is 15.8 Å². The predicted molar refractivity (Wildman–Crippen MR) is 139 cm³/mol. The van der Waals surface area contributed by atoms with Gasteiger partial charge in [-0.15, -0.1) is 11.3 Å². The smallest absolute Gasteiger partial charge is 0.267 e. The van der Waals surface area contributed by atoms with Crippen molar-refractivity contribution in [2.45, 2.75) is 32.0 Å². The van der Waals surface area contributed by atoms with Gasteiger partial charge in [0.1, 0.15) is 4.83 Å². The van der Waals surface area contributed by atoms with E-state index < -0.39 is 0 Å². The summed E-state index contributed by atoms with van der Waals surface area (Å²) in [6.07, 6.45) is 0. The summed E-state index contributed by atoms with van der Waals surface area (Å²) < 4.78 is 1.58. The molecule has 1 N–H and O–H groups in total. The molecule has 4 aromatic rings. The molecule has 0 atom stereocenters. The van der Waals surface area contributed by atoms with Crippen LogP contribution in [0.5, 0.6) is 0 Å². The molecule has 0 aliphatic carbocycles. The number of amides is 1. The van der Waals surface area contributed by atoms with E-state index in [-0.39, 0.29) is 17.2 Å². The molecule has 2 heterocycles. The molecule has 2 aromatic carbocycles. The minimum Gasteiger partial charge on any atom is -0.369 e. The molecule has 1 amide bonds. The van der Waals surface area contributed by atoms with Crippen molar-refractivity contribution >= 4 is 50.6 Å². The third kappa shape index (κ3) is 5.12. The van der Waals surface area contributed by atoms with Crippen LogP contribution in [0.4, 0.5) is 11.4 Å². The molecule has 33 heavy (non-hydrogen) atoms. The van der Waals surface area contributed by atoms with E-state index in [4.69, 9.17) is 0 Å². The fourth-order valence-corrected chi connectivity index (χ4v) is 5.32. The van der Waals surface area contributed by atoms with Crippen molar-refractivity contribution in [2.24, 2.45) is 0 Å². The van der Waals surface area contributed by atoms with Gasteiger partial charge in [0.25, 0.3) is 5.56 Å². The molecule has 170 valence electrons. The fraction of sp³-hybridized carbons (Fsp3) is 0.240. The first-order valence-corrected chi connectivity index (χ1v) is 12.7. The third-order valence-corrected chi connectivity index (χ3v) is 7.01. The third-order valence-electron chi connectivity index (χ3n) is 5.26. The summed E-state index contributed by atoms with van der Waals surface area (Å²) in [7, 11) is 0. The average molecular weight is 479 g/mol. The second-order valence-electron chi connectivity index (χ2n) is 7.77. The van der Waals surface area contributed by atoms with E-state index in [0.717, 1.165) is 23.6 Å². The number of fused-ring (bicyclic) bond motifs is 1. The van der Waals surface area contributed by atoms with Gasteiger partial charge < -0.3 is 10.2 Å². The summed E-state index contributed by atoms with van der Waals surface area (Å²) in [6, 6.07) is 19.5. The van der Waals surface area contributed by atoms with E-state index in [1.165, 1.54) is 23.1 Å². The highest BCUT2D eigenvalue weighted by molar-refractivity contribution is 7.99. The van der Waals surface area contributed by atoms with Gasteiger partial charge in [-0.2, -0.15) is 0 Å². The molecule has 0 saturated carbocycles. The minimum absolute atomic E-state index is 0.128. The number of hydrogen-bond donors (Lipinski definition) is 1. The lowest BCUT2D eigenvalue weighted by Crippen LogP contribution is -2.30. The Balaban J connectivity index is 1.51. The van der Waals surface area contributed by atoms with Crippen molar-refractivity contribution < 1.29 is 4.79 Å². The number of anilines is 2. The van der Waals surface area contributed by atoms with Crippen LogP contribution in [0.2, 0.25) is 0 Å². The molecule has 0 unspecified atom stereocenters. The summed E-state index contributed by atoms with van der Waals surface area (Å²) in [5, 5.41) is 5.89. The number of hydrogen-bond acceptors (Lipinski definition) is 6. The summed E-state index contributed by atoms with van der Waals surface area (Å²) in [4.78, 5) is 33.4. The largest absolute Gasteiger partial charge is 0.369 e. The topological polar surface area (TPSA) is 67.2 Å². The van der Waals surface area contributed by atoms with Gasteiger partial charge >= 0.3 is 0 Å². The van der Waals surface area contributed by atoms with Crippen molar-refractivity contribution in [1.82, 2.24) is 9.55 Å². The molecule has 0 aliphatic rings. The second kappa shape index (κ2) is 10.2. The molecule has 0 spiro atoms. The number of carbonyl (C=O) groups excluding carboxylic acids is 1. The summed E-state index contributed by atoms with van der Waals surface area (Å²) in [5.74, 6) is -0.00515. The Morgan fingerprint density at radius 1 is 1.12 bits per heavy atom. The molecule has 4 rings (SSSR count). The first-order valence-electron chi connectivity index (χ1n) is 10.8. The number of nitrogens with zero attached hydrogens (tertiary/aromatic N) is 3. The standard InChI is InChI=1S/C25H26N4O2S2/c1-4-28(17(2)3)19-12-10-18(11-13-19)26-22(30)16-33-25-27-23-21(14-15-32-23)24(31)29(25)20-8-6-5-7-9-20/h5-15,17H,4,16H2,1-3H3,(H,26,30). The number of carbonyl (C=O) groups is 1.